The van der Waals surface area contributed by atoms with E-state index in [0.29, 0.717) is 36.8 Å². The Morgan fingerprint density at radius 1 is 1.24 bits per heavy atom. The number of aryl methyl sites for hydroxylation is 1. The molecule has 8 nitrogen and oxygen atoms in total. The second-order valence-corrected chi connectivity index (χ2v) is 8.78. The zero-order valence-electron chi connectivity index (χ0n) is 16.9. The van der Waals surface area contributed by atoms with Gasteiger partial charge in [0, 0.05) is 13.2 Å². The summed E-state index contributed by atoms with van der Waals surface area (Å²) in [6, 6.07) is -0.0379. The van der Waals surface area contributed by atoms with Gasteiger partial charge in [-0.05, 0) is 70.1 Å². The summed E-state index contributed by atoms with van der Waals surface area (Å²) < 4.78 is 15.4. The third kappa shape index (κ3) is 3.16. The minimum absolute atomic E-state index is 0.0379. The van der Waals surface area contributed by atoms with Gasteiger partial charge in [-0.15, -0.1) is 0 Å². The van der Waals surface area contributed by atoms with Crippen LogP contribution in [0.3, 0.4) is 0 Å². The normalized spacial score (nSPS) is 24.3. The number of rotatable bonds is 5. The van der Waals surface area contributed by atoms with Crippen molar-refractivity contribution >= 4 is 22.8 Å². The average Bonchev–Trinajstić information content (AvgIpc) is 3.37. The molecule has 5 rings (SSSR count). The van der Waals surface area contributed by atoms with Gasteiger partial charge < -0.3 is 9.47 Å². The fourth-order valence-corrected chi connectivity index (χ4v) is 5.59. The van der Waals surface area contributed by atoms with Crippen LogP contribution in [0.2, 0.25) is 5.28 Å². The number of fused-ring (bicyclic) bond motifs is 2. The zero-order valence-corrected chi connectivity index (χ0v) is 17.7. The highest BCUT2D eigenvalue weighted by Gasteiger charge is 2.45. The molecule has 9 heteroatoms. The van der Waals surface area contributed by atoms with E-state index in [1.54, 1.807) is 9.13 Å². The lowest BCUT2D eigenvalue weighted by Crippen LogP contribution is -2.43. The van der Waals surface area contributed by atoms with E-state index in [1.165, 1.54) is 12.8 Å². The summed E-state index contributed by atoms with van der Waals surface area (Å²) in [6.07, 6.45) is 6.53. The number of imidazole rings is 1. The smallest absolute Gasteiger partial charge is 0.330 e. The molecule has 0 spiro atoms. The molecular weight excluding hydrogens is 394 g/mol. The third-order valence-corrected chi connectivity index (χ3v) is 7.02. The van der Waals surface area contributed by atoms with Crippen LogP contribution < -0.4 is 10.4 Å². The van der Waals surface area contributed by atoms with Crippen LogP contribution in [0.4, 0.5) is 0 Å². The van der Waals surface area contributed by atoms with Crippen LogP contribution in [0.15, 0.2) is 4.79 Å². The SMILES string of the molecule is CCn1c(=O)n([C@@H]2CCCOC2)c2nc(Cl)nc(OCC34CCCN3CCC4)c21. The Kier molecular flexibility index (Phi) is 5.04. The van der Waals surface area contributed by atoms with Crippen molar-refractivity contribution in [1.82, 2.24) is 24.0 Å². The first-order valence-corrected chi connectivity index (χ1v) is 11.1. The number of nitrogens with zero attached hydrogens (tertiary/aromatic N) is 5. The van der Waals surface area contributed by atoms with Gasteiger partial charge in [0.25, 0.3) is 0 Å². The summed E-state index contributed by atoms with van der Waals surface area (Å²) >= 11 is 6.28. The van der Waals surface area contributed by atoms with E-state index in [1.807, 2.05) is 6.92 Å². The highest BCUT2D eigenvalue weighted by Crippen LogP contribution is 2.39. The predicted octanol–water partition coefficient (Wildman–Crippen LogP) is 2.62. The monoisotopic (exact) mass is 421 g/mol. The third-order valence-electron chi connectivity index (χ3n) is 6.85. The molecule has 0 amide bonds. The van der Waals surface area contributed by atoms with Crippen LogP contribution in [0, 0.1) is 0 Å². The Labute approximate surface area is 174 Å². The second-order valence-electron chi connectivity index (χ2n) is 8.44. The predicted molar refractivity (Wildman–Crippen MR) is 110 cm³/mol. The highest BCUT2D eigenvalue weighted by atomic mass is 35.5. The number of halogens is 1. The molecule has 3 fully saturated rings. The molecule has 2 aromatic heterocycles. The van der Waals surface area contributed by atoms with E-state index in [2.05, 4.69) is 14.9 Å². The summed E-state index contributed by atoms with van der Waals surface area (Å²) in [5.41, 5.74) is 1.20. The van der Waals surface area contributed by atoms with E-state index in [0.717, 1.165) is 45.4 Å². The van der Waals surface area contributed by atoms with Crippen molar-refractivity contribution in [1.29, 1.82) is 0 Å². The maximum Gasteiger partial charge on any atom is 0.330 e. The highest BCUT2D eigenvalue weighted by molar-refractivity contribution is 6.28. The van der Waals surface area contributed by atoms with Gasteiger partial charge in [0.15, 0.2) is 11.2 Å². The van der Waals surface area contributed by atoms with Crippen molar-refractivity contribution in [2.75, 3.05) is 32.9 Å². The first-order valence-electron chi connectivity index (χ1n) is 10.8. The first-order chi connectivity index (χ1) is 14.1. The van der Waals surface area contributed by atoms with Crippen LogP contribution in [-0.2, 0) is 11.3 Å². The lowest BCUT2D eigenvalue weighted by Gasteiger charge is -2.31. The summed E-state index contributed by atoms with van der Waals surface area (Å²) in [6.45, 7) is 6.58. The molecule has 0 aliphatic carbocycles. The zero-order chi connectivity index (χ0) is 20.0. The molecule has 5 heterocycles. The molecule has 0 aromatic carbocycles. The summed E-state index contributed by atoms with van der Waals surface area (Å²) in [5.74, 6) is 0.419. The van der Waals surface area contributed by atoms with Gasteiger partial charge in [-0.2, -0.15) is 9.97 Å². The molecule has 0 unspecified atom stereocenters. The average molecular weight is 422 g/mol. The number of ether oxygens (including phenoxy) is 2. The van der Waals surface area contributed by atoms with E-state index in [-0.39, 0.29) is 22.6 Å². The fraction of sp³-hybridized carbons (Fsp3) is 0.750. The lowest BCUT2D eigenvalue weighted by atomic mass is 9.95. The maximum absolute atomic E-state index is 13.2. The first kappa shape index (κ1) is 19.3. The van der Waals surface area contributed by atoms with E-state index in [4.69, 9.17) is 21.1 Å². The van der Waals surface area contributed by atoms with Gasteiger partial charge in [0.05, 0.1) is 18.2 Å². The Balaban J connectivity index is 1.56. The molecule has 0 bridgehead atoms. The minimum Gasteiger partial charge on any atom is -0.474 e. The molecule has 29 heavy (non-hydrogen) atoms. The van der Waals surface area contributed by atoms with Gasteiger partial charge in [-0.1, -0.05) is 0 Å². The Bertz CT molecular complexity index is 955. The van der Waals surface area contributed by atoms with Crippen LogP contribution in [0.5, 0.6) is 5.88 Å². The van der Waals surface area contributed by atoms with Gasteiger partial charge in [0.1, 0.15) is 6.61 Å². The van der Waals surface area contributed by atoms with Crippen molar-refractivity contribution in [3.05, 3.63) is 15.8 Å². The number of hydrogen-bond acceptors (Lipinski definition) is 6. The minimum atomic E-state index is -0.0964. The van der Waals surface area contributed by atoms with Crippen molar-refractivity contribution in [2.24, 2.45) is 0 Å². The van der Waals surface area contributed by atoms with Gasteiger partial charge in [-0.25, -0.2) is 4.79 Å². The van der Waals surface area contributed by atoms with Crippen LogP contribution in [0.1, 0.15) is 51.5 Å². The molecular formula is C20H28ClN5O3. The summed E-state index contributed by atoms with van der Waals surface area (Å²) in [4.78, 5) is 24.6. The van der Waals surface area contributed by atoms with Gasteiger partial charge >= 0.3 is 5.69 Å². The van der Waals surface area contributed by atoms with Gasteiger partial charge in [0.2, 0.25) is 11.2 Å². The largest absolute Gasteiger partial charge is 0.474 e. The summed E-state index contributed by atoms with van der Waals surface area (Å²) in [7, 11) is 0. The van der Waals surface area contributed by atoms with Crippen LogP contribution >= 0.6 is 11.6 Å². The van der Waals surface area contributed by atoms with Crippen molar-refractivity contribution in [2.45, 2.75) is 63.6 Å². The maximum atomic E-state index is 13.2. The fourth-order valence-electron chi connectivity index (χ4n) is 5.43. The summed E-state index contributed by atoms with van der Waals surface area (Å²) in [5, 5.41) is 0.110. The lowest BCUT2D eigenvalue weighted by molar-refractivity contribution is 0.0590. The van der Waals surface area contributed by atoms with E-state index < -0.39 is 0 Å². The molecule has 3 saturated heterocycles. The Morgan fingerprint density at radius 3 is 2.72 bits per heavy atom. The molecule has 1 atom stereocenters. The molecule has 158 valence electrons. The Morgan fingerprint density at radius 2 is 2.03 bits per heavy atom. The molecule has 3 aliphatic rings. The second kappa shape index (κ2) is 7.56. The van der Waals surface area contributed by atoms with Crippen LogP contribution in [-0.4, -0.2) is 62.5 Å². The number of aromatic nitrogens is 4. The number of hydrogen-bond donors (Lipinski definition) is 0. The standard InChI is InChI=1S/C20H28ClN5O3/c1-2-25-15-16(26(19(25)27)14-6-3-11-28-12-14)22-18(21)23-17(15)29-13-20-7-4-9-24(20)10-5-8-20/h14H,2-13H2,1H3/t14-/m1/s1. The van der Waals surface area contributed by atoms with Crippen molar-refractivity contribution in [3.8, 4) is 5.88 Å². The Hall–Kier alpha value is -1.64. The quantitative estimate of drug-likeness (QED) is 0.691. The molecule has 0 N–H and O–H groups in total. The molecule has 0 radical (unpaired) electrons. The topological polar surface area (TPSA) is 74.4 Å². The van der Waals surface area contributed by atoms with Crippen molar-refractivity contribution in [3.63, 3.8) is 0 Å². The van der Waals surface area contributed by atoms with Crippen molar-refractivity contribution < 1.29 is 9.47 Å². The van der Waals surface area contributed by atoms with Gasteiger partial charge in [-0.3, -0.25) is 14.0 Å². The van der Waals surface area contributed by atoms with E-state index in [9.17, 15) is 4.79 Å². The molecule has 2 aromatic rings. The molecule has 3 aliphatic heterocycles. The van der Waals surface area contributed by atoms with E-state index >= 15 is 0 Å². The van der Waals surface area contributed by atoms with Crippen LogP contribution in [0.25, 0.3) is 11.2 Å². The molecule has 0 saturated carbocycles.